The number of hydrogen-bond donors (Lipinski definition) is 1. The molecule has 1 aromatic heterocycles. The summed E-state index contributed by atoms with van der Waals surface area (Å²) < 4.78 is 18.6. The molecule has 0 bridgehead atoms. The van der Waals surface area contributed by atoms with Gasteiger partial charge < -0.3 is 9.84 Å². The number of rotatable bonds is 7. The highest BCUT2D eigenvalue weighted by atomic mass is 19.1. The molecule has 1 N–H and O–H groups in total. The zero-order valence-corrected chi connectivity index (χ0v) is 12.8. The first-order valence-electron chi connectivity index (χ1n) is 7.42. The highest BCUT2D eigenvalue weighted by Crippen LogP contribution is 2.19. The van der Waals surface area contributed by atoms with Gasteiger partial charge in [0.2, 0.25) is 11.7 Å². The molecule has 2 rings (SSSR count). The highest BCUT2D eigenvalue weighted by molar-refractivity contribution is 5.55. The van der Waals surface area contributed by atoms with Crippen molar-refractivity contribution in [2.24, 2.45) is 0 Å². The van der Waals surface area contributed by atoms with Crippen LogP contribution in [-0.2, 0) is 6.42 Å². The summed E-state index contributed by atoms with van der Waals surface area (Å²) in [5.41, 5.74) is 1.49. The molecule has 1 heterocycles. The molecular formula is C16H22FN3O. The summed E-state index contributed by atoms with van der Waals surface area (Å²) in [6.07, 6.45) is 2.77. The van der Waals surface area contributed by atoms with Gasteiger partial charge in [0.25, 0.3) is 0 Å². The van der Waals surface area contributed by atoms with E-state index >= 15 is 0 Å². The summed E-state index contributed by atoms with van der Waals surface area (Å²) in [5.74, 6) is 0.757. The zero-order valence-electron chi connectivity index (χ0n) is 12.8. The first kappa shape index (κ1) is 15.6. The average Bonchev–Trinajstić information content (AvgIpc) is 2.90. The van der Waals surface area contributed by atoms with E-state index in [0.717, 1.165) is 31.4 Å². The molecule has 1 aromatic carbocycles. The molecule has 0 amide bonds. The van der Waals surface area contributed by atoms with E-state index in [9.17, 15) is 4.39 Å². The summed E-state index contributed by atoms with van der Waals surface area (Å²) in [4.78, 5) is 4.34. The van der Waals surface area contributed by atoms with Crippen LogP contribution in [0.4, 0.5) is 4.39 Å². The second kappa shape index (κ2) is 7.31. The predicted molar refractivity (Wildman–Crippen MR) is 80.5 cm³/mol. The predicted octanol–water partition coefficient (Wildman–Crippen LogP) is 3.50. The second-order valence-electron chi connectivity index (χ2n) is 5.42. The first-order valence-corrected chi connectivity index (χ1v) is 7.42. The van der Waals surface area contributed by atoms with Crippen LogP contribution in [-0.4, -0.2) is 22.7 Å². The molecular weight excluding hydrogens is 269 g/mol. The minimum atomic E-state index is -0.284. The molecule has 114 valence electrons. The van der Waals surface area contributed by atoms with Gasteiger partial charge in [0, 0.05) is 18.0 Å². The van der Waals surface area contributed by atoms with Crippen molar-refractivity contribution >= 4 is 0 Å². The summed E-state index contributed by atoms with van der Waals surface area (Å²) in [5, 5.41) is 7.35. The second-order valence-corrected chi connectivity index (χ2v) is 5.42. The SMILES string of the molecule is CCCNC(C)CCc1nc(-c2cc(C)cc(F)c2)no1. The van der Waals surface area contributed by atoms with E-state index in [1.165, 1.54) is 12.1 Å². The van der Waals surface area contributed by atoms with Crippen LogP contribution in [0.25, 0.3) is 11.4 Å². The normalized spacial score (nSPS) is 12.6. The van der Waals surface area contributed by atoms with Crippen molar-refractivity contribution in [1.29, 1.82) is 0 Å². The van der Waals surface area contributed by atoms with Gasteiger partial charge in [-0.3, -0.25) is 0 Å². The van der Waals surface area contributed by atoms with Gasteiger partial charge >= 0.3 is 0 Å². The smallest absolute Gasteiger partial charge is 0.227 e. The van der Waals surface area contributed by atoms with E-state index in [1.807, 2.05) is 13.0 Å². The molecule has 1 atom stereocenters. The number of nitrogens with zero attached hydrogens (tertiary/aromatic N) is 2. The molecule has 0 spiro atoms. The van der Waals surface area contributed by atoms with Crippen LogP contribution < -0.4 is 5.32 Å². The van der Waals surface area contributed by atoms with Gasteiger partial charge in [-0.15, -0.1) is 0 Å². The quantitative estimate of drug-likeness (QED) is 0.848. The third kappa shape index (κ3) is 4.63. The Kier molecular flexibility index (Phi) is 5.44. The highest BCUT2D eigenvalue weighted by Gasteiger charge is 2.11. The van der Waals surface area contributed by atoms with E-state index in [4.69, 9.17) is 4.52 Å². The number of halogens is 1. The van der Waals surface area contributed by atoms with E-state index in [1.54, 1.807) is 0 Å². The minimum absolute atomic E-state index is 0.284. The molecule has 0 aliphatic rings. The van der Waals surface area contributed by atoms with Crippen molar-refractivity contribution in [2.75, 3.05) is 6.54 Å². The molecule has 1 unspecified atom stereocenters. The van der Waals surface area contributed by atoms with Gasteiger partial charge in [-0.2, -0.15) is 4.98 Å². The molecule has 0 saturated heterocycles. The van der Waals surface area contributed by atoms with Gasteiger partial charge in [0.15, 0.2) is 0 Å². The summed E-state index contributed by atoms with van der Waals surface area (Å²) >= 11 is 0. The maximum absolute atomic E-state index is 13.4. The lowest BCUT2D eigenvalue weighted by molar-refractivity contribution is 0.367. The van der Waals surface area contributed by atoms with Gasteiger partial charge in [-0.05, 0) is 57.0 Å². The third-order valence-electron chi connectivity index (χ3n) is 3.30. The number of benzene rings is 1. The first-order chi connectivity index (χ1) is 10.1. The molecule has 2 aromatic rings. The van der Waals surface area contributed by atoms with E-state index in [-0.39, 0.29) is 5.82 Å². The summed E-state index contributed by atoms with van der Waals surface area (Å²) in [6, 6.07) is 5.17. The van der Waals surface area contributed by atoms with Crippen LogP contribution >= 0.6 is 0 Å². The molecule has 0 aliphatic heterocycles. The molecule has 0 radical (unpaired) electrons. The Bertz CT molecular complexity index is 562. The Balaban J connectivity index is 1.98. The van der Waals surface area contributed by atoms with Crippen LogP contribution in [0.5, 0.6) is 0 Å². The van der Waals surface area contributed by atoms with E-state index < -0.39 is 0 Å². The van der Waals surface area contributed by atoms with Crippen molar-refractivity contribution in [3.8, 4) is 11.4 Å². The molecule has 0 aliphatic carbocycles. The lowest BCUT2D eigenvalue weighted by Crippen LogP contribution is -2.27. The number of aromatic nitrogens is 2. The van der Waals surface area contributed by atoms with Gasteiger partial charge in [-0.1, -0.05) is 12.1 Å². The molecule has 4 nitrogen and oxygen atoms in total. The molecule has 5 heteroatoms. The standard InChI is InChI=1S/C16H22FN3O/c1-4-7-18-12(3)5-6-15-19-16(20-21-15)13-8-11(2)9-14(17)10-13/h8-10,12,18H,4-7H2,1-3H3. The van der Waals surface area contributed by atoms with Gasteiger partial charge in [0.05, 0.1) is 0 Å². The average molecular weight is 291 g/mol. The van der Waals surface area contributed by atoms with Crippen LogP contribution in [0.15, 0.2) is 22.7 Å². The third-order valence-corrected chi connectivity index (χ3v) is 3.30. The molecule has 0 fully saturated rings. The largest absolute Gasteiger partial charge is 0.339 e. The monoisotopic (exact) mass is 291 g/mol. The van der Waals surface area contributed by atoms with E-state index in [2.05, 4.69) is 29.3 Å². The van der Waals surface area contributed by atoms with Crippen LogP contribution in [0.3, 0.4) is 0 Å². The Morgan fingerprint density at radius 2 is 2.14 bits per heavy atom. The lowest BCUT2D eigenvalue weighted by atomic mass is 10.1. The van der Waals surface area contributed by atoms with Crippen LogP contribution in [0.2, 0.25) is 0 Å². The van der Waals surface area contributed by atoms with Gasteiger partial charge in [-0.25, -0.2) is 4.39 Å². The van der Waals surface area contributed by atoms with Crippen molar-refractivity contribution in [2.45, 2.75) is 46.1 Å². The molecule has 0 saturated carbocycles. The molecule has 21 heavy (non-hydrogen) atoms. The maximum atomic E-state index is 13.4. The van der Waals surface area contributed by atoms with Crippen molar-refractivity contribution in [1.82, 2.24) is 15.5 Å². The number of hydrogen-bond acceptors (Lipinski definition) is 4. The Morgan fingerprint density at radius 3 is 2.86 bits per heavy atom. The minimum Gasteiger partial charge on any atom is -0.339 e. The van der Waals surface area contributed by atoms with Gasteiger partial charge in [0.1, 0.15) is 5.82 Å². The van der Waals surface area contributed by atoms with Crippen LogP contribution in [0, 0.1) is 12.7 Å². The van der Waals surface area contributed by atoms with Crippen molar-refractivity contribution in [3.05, 3.63) is 35.5 Å². The van der Waals surface area contributed by atoms with Crippen molar-refractivity contribution < 1.29 is 8.91 Å². The topological polar surface area (TPSA) is 51.0 Å². The maximum Gasteiger partial charge on any atom is 0.227 e. The fourth-order valence-electron chi connectivity index (χ4n) is 2.17. The fraction of sp³-hybridized carbons (Fsp3) is 0.500. The fourth-order valence-corrected chi connectivity index (χ4v) is 2.17. The van der Waals surface area contributed by atoms with Crippen LogP contribution in [0.1, 0.15) is 38.1 Å². The van der Waals surface area contributed by atoms with Crippen molar-refractivity contribution in [3.63, 3.8) is 0 Å². The number of aryl methyl sites for hydroxylation is 2. The lowest BCUT2D eigenvalue weighted by Gasteiger charge is -2.10. The number of nitrogens with one attached hydrogen (secondary N) is 1. The summed E-state index contributed by atoms with van der Waals surface area (Å²) in [6.45, 7) is 7.14. The Labute approximate surface area is 124 Å². The Morgan fingerprint density at radius 1 is 1.33 bits per heavy atom. The summed E-state index contributed by atoms with van der Waals surface area (Å²) in [7, 11) is 0. The van der Waals surface area contributed by atoms with E-state index in [0.29, 0.717) is 23.3 Å². The Hall–Kier alpha value is -1.75. The zero-order chi connectivity index (χ0) is 15.2.